The summed E-state index contributed by atoms with van der Waals surface area (Å²) in [5.41, 5.74) is 1.17. The zero-order chi connectivity index (χ0) is 30.8. The van der Waals surface area contributed by atoms with E-state index in [9.17, 15) is 22.4 Å². The van der Waals surface area contributed by atoms with Gasteiger partial charge in [0, 0.05) is 31.1 Å². The van der Waals surface area contributed by atoms with Gasteiger partial charge in [0.05, 0.1) is 17.7 Å². The predicted molar refractivity (Wildman–Crippen MR) is 164 cm³/mol. The molecule has 0 aliphatic rings. The topological polar surface area (TPSA) is 96.0 Å². The first kappa shape index (κ1) is 31.2. The maximum absolute atomic E-state index is 14.9. The zero-order valence-corrected chi connectivity index (χ0v) is 24.8. The molecule has 43 heavy (non-hydrogen) atoms. The molecule has 0 saturated heterocycles. The molecule has 10 heteroatoms. The van der Waals surface area contributed by atoms with Crippen molar-refractivity contribution in [3.05, 3.63) is 126 Å². The van der Waals surface area contributed by atoms with Gasteiger partial charge in [-0.3, -0.25) is 13.9 Å². The second-order valence-corrected chi connectivity index (χ2v) is 11.6. The SMILES string of the molecule is CCNC(=O)C(Cc1ccccc1)N(Cc1ccccc1F)C(=O)CN(c1cccc(OC)c1)S(=O)(=O)c1ccccc1. The van der Waals surface area contributed by atoms with Gasteiger partial charge in [-0.15, -0.1) is 0 Å². The molecule has 0 saturated carbocycles. The number of nitrogens with one attached hydrogen (secondary N) is 1. The highest BCUT2D eigenvalue weighted by molar-refractivity contribution is 7.92. The molecule has 1 N–H and O–H groups in total. The Kier molecular flexibility index (Phi) is 10.5. The monoisotopic (exact) mass is 603 g/mol. The van der Waals surface area contributed by atoms with Crippen LogP contribution < -0.4 is 14.4 Å². The van der Waals surface area contributed by atoms with Crippen molar-refractivity contribution < 1.29 is 27.1 Å². The summed E-state index contributed by atoms with van der Waals surface area (Å²) in [4.78, 5) is 29.0. The molecule has 0 radical (unpaired) electrons. The van der Waals surface area contributed by atoms with Crippen LogP contribution in [0.5, 0.6) is 5.75 Å². The number of hydrogen-bond acceptors (Lipinski definition) is 5. The molecular weight excluding hydrogens is 569 g/mol. The number of anilines is 1. The molecule has 0 aromatic heterocycles. The van der Waals surface area contributed by atoms with Crippen LogP contribution in [-0.2, 0) is 32.6 Å². The third-order valence-corrected chi connectivity index (χ3v) is 8.66. The molecule has 224 valence electrons. The molecule has 1 unspecified atom stereocenters. The van der Waals surface area contributed by atoms with E-state index in [0.717, 1.165) is 9.87 Å². The second kappa shape index (κ2) is 14.5. The van der Waals surface area contributed by atoms with Gasteiger partial charge in [0.2, 0.25) is 11.8 Å². The van der Waals surface area contributed by atoms with Crippen molar-refractivity contribution in [3.63, 3.8) is 0 Å². The molecule has 0 heterocycles. The average Bonchev–Trinajstić information content (AvgIpc) is 3.03. The zero-order valence-electron chi connectivity index (χ0n) is 24.0. The molecule has 0 aliphatic carbocycles. The van der Waals surface area contributed by atoms with E-state index in [1.807, 2.05) is 30.3 Å². The van der Waals surface area contributed by atoms with E-state index >= 15 is 0 Å². The van der Waals surface area contributed by atoms with Crippen LogP contribution in [0.3, 0.4) is 0 Å². The van der Waals surface area contributed by atoms with Crippen LogP contribution in [0.2, 0.25) is 0 Å². The summed E-state index contributed by atoms with van der Waals surface area (Å²) >= 11 is 0. The number of nitrogens with zero attached hydrogens (tertiary/aromatic N) is 2. The smallest absolute Gasteiger partial charge is 0.264 e. The number of methoxy groups -OCH3 is 1. The highest BCUT2D eigenvalue weighted by Gasteiger charge is 2.35. The van der Waals surface area contributed by atoms with E-state index in [-0.39, 0.29) is 29.1 Å². The molecule has 4 rings (SSSR count). The van der Waals surface area contributed by atoms with Crippen LogP contribution in [0.25, 0.3) is 0 Å². The second-order valence-electron chi connectivity index (χ2n) is 9.74. The Labute approximate surface area is 251 Å². The van der Waals surface area contributed by atoms with Crippen molar-refractivity contribution in [2.24, 2.45) is 0 Å². The normalized spacial score (nSPS) is 11.8. The summed E-state index contributed by atoms with van der Waals surface area (Å²) in [6.45, 7) is 1.17. The van der Waals surface area contributed by atoms with E-state index in [0.29, 0.717) is 12.3 Å². The van der Waals surface area contributed by atoms with Crippen LogP contribution in [0, 0.1) is 5.82 Å². The van der Waals surface area contributed by atoms with Gasteiger partial charge in [-0.05, 0) is 42.8 Å². The number of carbonyl (C=O) groups is 2. The van der Waals surface area contributed by atoms with E-state index in [1.54, 1.807) is 49.4 Å². The van der Waals surface area contributed by atoms with E-state index < -0.39 is 40.2 Å². The summed E-state index contributed by atoms with van der Waals surface area (Å²) in [5, 5.41) is 2.78. The summed E-state index contributed by atoms with van der Waals surface area (Å²) in [7, 11) is -2.79. The lowest BCUT2D eigenvalue weighted by molar-refractivity contribution is -0.140. The van der Waals surface area contributed by atoms with Crippen LogP contribution in [-0.4, -0.2) is 51.4 Å². The summed E-state index contributed by atoms with van der Waals surface area (Å²) in [5.74, 6) is -1.27. The number of ether oxygens (including phenoxy) is 1. The Bertz CT molecular complexity index is 1630. The lowest BCUT2D eigenvalue weighted by atomic mass is 10.0. The first-order chi connectivity index (χ1) is 20.7. The van der Waals surface area contributed by atoms with Gasteiger partial charge in [-0.2, -0.15) is 0 Å². The minimum atomic E-state index is -4.25. The average molecular weight is 604 g/mol. The lowest BCUT2D eigenvalue weighted by Gasteiger charge is -2.34. The number of benzene rings is 4. The number of carbonyl (C=O) groups excluding carboxylic acids is 2. The number of likely N-dealkylation sites (N-methyl/N-ethyl adjacent to an activating group) is 1. The van der Waals surface area contributed by atoms with Gasteiger partial charge < -0.3 is 15.0 Å². The fourth-order valence-electron chi connectivity index (χ4n) is 4.67. The highest BCUT2D eigenvalue weighted by Crippen LogP contribution is 2.28. The highest BCUT2D eigenvalue weighted by atomic mass is 32.2. The number of hydrogen-bond donors (Lipinski definition) is 1. The Hall–Kier alpha value is -4.70. The van der Waals surface area contributed by atoms with Crippen molar-refractivity contribution >= 4 is 27.5 Å². The quantitative estimate of drug-likeness (QED) is 0.237. The minimum absolute atomic E-state index is 0.0177. The molecule has 4 aromatic rings. The van der Waals surface area contributed by atoms with Gasteiger partial charge in [0.1, 0.15) is 24.2 Å². The van der Waals surface area contributed by atoms with Crippen LogP contribution >= 0.6 is 0 Å². The minimum Gasteiger partial charge on any atom is -0.497 e. The number of amides is 2. The van der Waals surface area contributed by atoms with Gasteiger partial charge >= 0.3 is 0 Å². The Morgan fingerprint density at radius 3 is 2.19 bits per heavy atom. The number of halogens is 1. The maximum atomic E-state index is 14.9. The molecule has 0 bridgehead atoms. The summed E-state index contributed by atoms with van der Waals surface area (Å²) in [6.07, 6.45) is 0.136. The van der Waals surface area contributed by atoms with E-state index in [1.165, 1.54) is 48.4 Å². The van der Waals surface area contributed by atoms with Gasteiger partial charge in [0.15, 0.2) is 0 Å². The fourth-order valence-corrected chi connectivity index (χ4v) is 6.10. The Morgan fingerprint density at radius 2 is 1.53 bits per heavy atom. The molecule has 0 aliphatic heterocycles. The lowest BCUT2D eigenvalue weighted by Crippen LogP contribution is -2.53. The van der Waals surface area contributed by atoms with Gasteiger partial charge in [-0.1, -0.05) is 72.8 Å². The van der Waals surface area contributed by atoms with Crippen LogP contribution in [0.4, 0.5) is 10.1 Å². The van der Waals surface area contributed by atoms with Gasteiger partial charge in [-0.25, -0.2) is 12.8 Å². The molecule has 0 fully saturated rings. The molecule has 4 aromatic carbocycles. The van der Waals surface area contributed by atoms with Crippen molar-refractivity contribution in [2.45, 2.75) is 30.8 Å². The molecule has 1 atom stereocenters. The first-order valence-electron chi connectivity index (χ1n) is 13.8. The van der Waals surface area contributed by atoms with Crippen LogP contribution in [0.15, 0.2) is 114 Å². The summed E-state index contributed by atoms with van der Waals surface area (Å²) < 4.78 is 49.2. The molecule has 0 spiro atoms. The molecule has 2 amide bonds. The van der Waals surface area contributed by atoms with Gasteiger partial charge in [0.25, 0.3) is 10.0 Å². The predicted octanol–water partition coefficient (Wildman–Crippen LogP) is 4.81. The van der Waals surface area contributed by atoms with E-state index in [2.05, 4.69) is 5.32 Å². The fraction of sp³-hybridized carbons (Fsp3) is 0.212. The molecule has 8 nitrogen and oxygen atoms in total. The third-order valence-electron chi connectivity index (χ3n) is 6.87. The van der Waals surface area contributed by atoms with Crippen molar-refractivity contribution in [1.82, 2.24) is 10.2 Å². The number of rotatable bonds is 13. The maximum Gasteiger partial charge on any atom is 0.264 e. The van der Waals surface area contributed by atoms with Crippen LogP contribution in [0.1, 0.15) is 18.1 Å². The van der Waals surface area contributed by atoms with Crippen molar-refractivity contribution in [1.29, 1.82) is 0 Å². The van der Waals surface area contributed by atoms with Crippen molar-refractivity contribution in [3.8, 4) is 5.75 Å². The Morgan fingerprint density at radius 1 is 0.884 bits per heavy atom. The standard InChI is InChI=1S/C33H34FN3O5S/c1-3-35-33(39)31(21-25-13-6-4-7-14-25)36(23-26-15-10-11-20-30(26)34)32(38)24-37(27-16-12-17-28(22-27)42-2)43(40,41)29-18-8-5-9-19-29/h4-20,22,31H,3,21,23-24H2,1-2H3,(H,35,39). The van der Waals surface area contributed by atoms with E-state index in [4.69, 9.17) is 4.74 Å². The summed E-state index contributed by atoms with van der Waals surface area (Å²) in [6, 6.07) is 28.2. The number of sulfonamides is 1. The first-order valence-corrected chi connectivity index (χ1v) is 15.2. The van der Waals surface area contributed by atoms with Crippen molar-refractivity contribution in [2.75, 3.05) is 24.5 Å². The molecular formula is C33H34FN3O5S. The largest absolute Gasteiger partial charge is 0.497 e. The Balaban J connectivity index is 1.81. The third kappa shape index (κ3) is 7.78.